The van der Waals surface area contributed by atoms with E-state index >= 15 is 0 Å². The van der Waals surface area contributed by atoms with E-state index in [9.17, 15) is 9.59 Å². The highest BCUT2D eigenvalue weighted by molar-refractivity contribution is 5.84. The van der Waals surface area contributed by atoms with E-state index in [0.29, 0.717) is 19.4 Å². The van der Waals surface area contributed by atoms with Crippen LogP contribution in [0, 0.1) is 5.92 Å². The average Bonchev–Trinajstić information content (AvgIpc) is 2.89. The fourth-order valence-electron chi connectivity index (χ4n) is 2.88. The van der Waals surface area contributed by atoms with Crippen LogP contribution in [0.25, 0.3) is 0 Å². The SMILES string of the molecule is O=C1CCC(C(=O)NC2CCCc3occc32)CN1. The lowest BCUT2D eigenvalue weighted by Gasteiger charge is -2.27. The summed E-state index contributed by atoms with van der Waals surface area (Å²) in [5.41, 5.74) is 1.11. The maximum absolute atomic E-state index is 12.2. The van der Waals surface area contributed by atoms with E-state index in [1.165, 1.54) is 0 Å². The van der Waals surface area contributed by atoms with Gasteiger partial charge in [0, 0.05) is 24.9 Å². The molecule has 0 aromatic carbocycles. The van der Waals surface area contributed by atoms with Crippen LogP contribution in [0.15, 0.2) is 16.7 Å². The first-order valence-corrected chi connectivity index (χ1v) is 6.87. The summed E-state index contributed by atoms with van der Waals surface area (Å²) in [6.07, 6.45) is 5.72. The maximum atomic E-state index is 12.2. The molecule has 1 aliphatic carbocycles. The molecular weight excluding hydrogens is 244 g/mol. The Kier molecular flexibility index (Phi) is 3.27. The summed E-state index contributed by atoms with van der Waals surface area (Å²) in [5, 5.41) is 5.84. The van der Waals surface area contributed by atoms with Gasteiger partial charge in [0.15, 0.2) is 0 Å². The van der Waals surface area contributed by atoms with Crippen molar-refractivity contribution >= 4 is 11.8 Å². The number of aryl methyl sites for hydroxylation is 1. The van der Waals surface area contributed by atoms with Crippen molar-refractivity contribution in [2.24, 2.45) is 5.92 Å². The minimum Gasteiger partial charge on any atom is -0.469 e. The fourth-order valence-corrected chi connectivity index (χ4v) is 2.88. The molecule has 5 nitrogen and oxygen atoms in total. The van der Waals surface area contributed by atoms with Crippen molar-refractivity contribution in [1.82, 2.24) is 10.6 Å². The molecule has 3 rings (SSSR count). The zero-order chi connectivity index (χ0) is 13.2. The lowest BCUT2D eigenvalue weighted by Crippen LogP contribution is -2.44. The maximum Gasteiger partial charge on any atom is 0.225 e. The summed E-state index contributed by atoms with van der Waals surface area (Å²) >= 11 is 0. The molecule has 2 heterocycles. The van der Waals surface area contributed by atoms with E-state index < -0.39 is 0 Å². The van der Waals surface area contributed by atoms with Gasteiger partial charge >= 0.3 is 0 Å². The number of carbonyl (C=O) groups is 2. The third kappa shape index (κ3) is 2.50. The molecule has 1 aliphatic heterocycles. The van der Waals surface area contributed by atoms with E-state index in [-0.39, 0.29) is 23.8 Å². The van der Waals surface area contributed by atoms with Gasteiger partial charge in [-0.05, 0) is 25.3 Å². The Labute approximate surface area is 111 Å². The molecule has 0 bridgehead atoms. The number of piperidine rings is 1. The first kappa shape index (κ1) is 12.3. The molecule has 2 atom stereocenters. The van der Waals surface area contributed by atoms with Crippen molar-refractivity contribution in [3.63, 3.8) is 0 Å². The Morgan fingerprint density at radius 2 is 2.26 bits per heavy atom. The topological polar surface area (TPSA) is 71.3 Å². The molecule has 2 aliphatic rings. The predicted molar refractivity (Wildman–Crippen MR) is 68.3 cm³/mol. The van der Waals surface area contributed by atoms with Crippen LogP contribution < -0.4 is 10.6 Å². The first-order chi connectivity index (χ1) is 9.24. The lowest BCUT2D eigenvalue weighted by molar-refractivity contribution is -0.129. The molecule has 2 amide bonds. The van der Waals surface area contributed by atoms with Crippen molar-refractivity contribution in [3.8, 4) is 0 Å². The quantitative estimate of drug-likeness (QED) is 0.844. The molecule has 5 heteroatoms. The van der Waals surface area contributed by atoms with Crippen molar-refractivity contribution in [3.05, 3.63) is 23.7 Å². The van der Waals surface area contributed by atoms with Crippen molar-refractivity contribution < 1.29 is 14.0 Å². The van der Waals surface area contributed by atoms with Crippen molar-refractivity contribution in [2.45, 2.75) is 38.1 Å². The Bertz CT molecular complexity index is 485. The third-order valence-corrected chi connectivity index (χ3v) is 4.00. The number of hydrogen-bond acceptors (Lipinski definition) is 3. The molecule has 1 aromatic heterocycles. The average molecular weight is 262 g/mol. The second-order valence-electron chi connectivity index (χ2n) is 5.29. The van der Waals surface area contributed by atoms with Crippen LogP contribution >= 0.6 is 0 Å². The van der Waals surface area contributed by atoms with E-state index in [4.69, 9.17) is 4.42 Å². The molecule has 1 saturated heterocycles. The Balaban J connectivity index is 1.63. The highest BCUT2D eigenvalue weighted by Crippen LogP contribution is 2.30. The van der Waals surface area contributed by atoms with Gasteiger partial charge in [0.05, 0.1) is 18.2 Å². The van der Waals surface area contributed by atoms with Crippen molar-refractivity contribution in [2.75, 3.05) is 6.54 Å². The molecule has 2 unspecified atom stereocenters. The number of hydrogen-bond donors (Lipinski definition) is 2. The van der Waals surface area contributed by atoms with Gasteiger partial charge in [0.1, 0.15) is 5.76 Å². The van der Waals surface area contributed by atoms with E-state index in [0.717, 1.165) is 30.6 Å². The van der Waals surface area contributed by atoms with Crippen LogP contribution in [0.4, 0.5) is 0 Å². The van der Waals surface area contributed by atoms with Gasteiger partial charge in [-0.2, -0.15) is 0 Å². The van der Waals surface area contributed by atoms with Gasteiger partial charge in [0.2, 0.25) is 11.8 Å². The number of rotatable bonds is 2. The smallest absolute Gasteiger partial charge is 0.225 e. The van der Waals surface area contributed by atoms with E-state index in [1.54, 1.807) is 6.26 Å². The molecule has 19 heavy (non-hydrogen) atoms. The van der Waals surface area contributed by atoms with Crippen molar-refractivity contribution in [1.29, 1.82) is 0 Å². The third-order valence-electron chi connectivity index (χ3n) is 4.00. The number of furan rings is 1. The monoisotopic (exact) mass is 262 g/mol. The van der Waals surface area contributed by atoms with E-state index in [2.05, 4.69) is 10.6 Å². The minimum absolute atomic E-state index is 0.0406. The summed E-state index contributed by atoms with van der Waals surface area (Å²) in [7, 11) is 0. The summed E-state index contributed by atoms with van der Waals surface area (Å²) < 4.78 is 5.42. The summed E-state index contributed by atoms with van der Waals surface area (Å²) in [6, 6.07) is 2.01. The summed E-state index contributed by atoms with van der Waals surface area (Å²) in [5.74, 6) is 0.973. The van der Waals surface area contributed by atoms with Crippen LogP contribution in [0.2, 0.25) is 0 Å². The minimum atomic E-state index is -0.102. The molecule has 102 valence electrons. The number of nitrogens with one attached hydrogen (secondary N) is 2. The zero-order valence-electron chi connectivity index (χ0n) is 10.8. The molecule has 0 spiro atoms. The Hall–Kier alpha value is -1.78. The van der Waals surface area contributed by atoms with Gasteiger partial charge in [-0.25, -0.2) is 0 Å². The Morgan fingerprint density at radius 3 is 3.05 bits per heavy atom. The molecule has 1 fully saturated rings. The fraction of sp³-hybridized carbons (Fsp3) is 0.571. The highest BCUT2D eigenvalue weighted by Gasteiger charge is 2.29. The largest absolute Gasteiger partial charge is 0.469 e. The molecule has 1 aromatic rings. The van der Waals surface area contributed by atoms with Crippen LogP contribution in [0.5, 0.6) is 0 Å². The van der Waals surface area contributed by atoms with Gasteiger partial charge in [0.25, 0.3) is 0 Å². The van der Waals surface area contributed by atoms with E-state index in [1.807, 2.05) is 6.07 Å². The molecular formula is C14H18N2O3. The van der Waals surface area contributed by atoms with Crippen LogP contribution in [0.3, 0.4) is 0 Å². The number of carbonyl (C=O) groups excluding carboxylic acids is 2. The normalized spacial score (nSPS) is 26.4. The van der Waals surface area contributed by atoms with Gasteiger partial charge in [-0.1, -0.05) is 0 Å². The van der Waals surface area contributed by atoms with Gasteiger partial charge in [-0.15, -0.1) is 0 Å². The standard InChI is InChI=1S/C14H18N2O3/c17-13-5-4-9(8-15-13)14(18)16-11-2-1-3-12-10(11)6-7-19-12/h6-7,9,11H,1-5,8H2,(H,15,17)(H,16,18). The predicted octanol–water partition coefficient (Wildman–Crippen LogP) is 1.30. The molecule has 0 saturated carbocycles. The van der Waals surface area contributed by atoms with Gasteiger partial charge in [-0.3, -0.25) is 9.59 Å². The number of fused-ring (bicyclic) bond motifs is 1. The summed E-state index contributed by atoms with van der Waals surface area (Å²) in [4.78, 5) is 23.3. The first-order valence-electron chi connectivity index (χ1n) is 6.87. The summed E-state index contributed by atoms with van der Waals surface area (Å²) in [6.45, 7) is 0.454. The molecule has 0 radical (unpaired) electrons. The van der Waals surface area contributed by atoms with Crippen LogP contribution in [-0.2, 0) is 16.0 Å². The Morgan fingerprint density at radius 1 is 1.37 bits per heavy atom. The highest BCUT2D eigenvalue weighted by atomic mass is 16.3. The lowest BCUT2D eigenvalue weighted by atomic mass is 9.92. The van der Waals surface area contributed by atoms with Crippen LogP contribution in [0.1, 0.15) is 43.0 Å². The van der Waals surface area contributed by atoms with Crippen LogP contribution in [-0.4, -0.2) is 18.4 Å². The second kappa shape index (κ2) is 5.07. The zero-order valence-corrected chi connectivity index (χ0v) is 10.8. The van der Waals surface area contributed by atoms with Gasteiger partial charge < -0.3 is 15.1 Å². The second-order valence-corrected chi connectivity index (χ2v) is 5.29. The molecule has 2 N–H and O–H groups in total. The number of amides is 2.